The molecule has 1 heterocycles. The Bertz CT molecular complexity index is 554. The van der Waals surface area contributed by atoms with Gasteiger partial charge in [-0.05, 0) is 23.3 Å². The lowest BCUT2D eigenvalue weighted by molar-refractivity contribution is 0.171. The largest absolute Gasteiger partial charge is 0.486 e. The summed E-state index contributed by atoms with van der Waals surface area (Å²) in [6, 6.07) is 16.4. The molecule has 0 amide bonds. The Morgan fingerprint density at radius 1 is 0.895 bits per heavy atom. The first-order valence-corrected chi connectivity index (χ1v) is 6.53. The first-order chi connectivity index (χ1) is 9.38. The number of benzene rings is 2. The van der Waals surface area contributed by atoms with Gasteiger partial charge in [-0.1, -0.05) is 36.4 Å². The first-order valence-electron chi connectivity index (χ1n) is 6.53. The molecule has 0 radical (unpaired) electrons. The van der Waals surface area contributed by atoms with E-state index >= 15 is 0 Å². The van der Waals surface area contributed by atoms with Gasteiger partial charge in [0.15, 0.2) is 11.5 Å². The summed E-state index contributed by atoms with van der Waals surface area (Å²) in [6.07, 6.45) is 0. The normalized spacial score (nSPS) is 15.0. The lowest BCUT2D eigenvalue weighted by Gasteiger charge is -2.21. The Hall–Kier alpha value is -2.00. The maximum atomic E-state index is 5.94. The van der Waals surface area contributed by atoms with Crippen molar-refractivity contribution in [1.29, 1.82) is 0 Å². The van der Waals surface area contributed by atoms with E-state index in [0.29, 0.717) is 19.8 Å². The van der Waals surface area contributed by atoms with Crippen molar-refractivity contribution in [1.82, 2.24) is 0 Å². The molecule has 0 bridgehead atoms. The molecule has 19 heavy (non-hydrogen) atoms. The summed E-state index contributed by atoms with van der Waals surface area (Å²) in [5.41, 5.74) is 8.33. The quantitative estimate of drug-likeness (QED) is 0.916. The van der Waals surface area contributed by atoms with E-state index in [0.717, 1.165) is 17.1 Å². The molecule has 0 aromatic heterocycles. The fourth-order valence-electron chi connectivity index (χ4n) is 2.43. The Labute approximate surface area is 113 Å². The molecule has 2 N–H and O–H groups in total. The third kappa shape index (κ3) is 2.42. The van der Waals surface area contributed by atoms with Gasteiger partial charge in [0.2, 0.25) is 0 Å². The van der Waals surface area contributed by atoms with Crippen LogP contribution in [-0.2, 0) is 0 Å². The SMILES string of the molecule is NC[C@H](c1ccccc1)c1ccc2c(c1)OCCO2. The van der Waals surface area contributed by atoms with Gasteiger partial charge < -0.3 is 15.2 Å². The molecule has 0 spiro atoms. The minimum atomic E-state index is 0.192. The van der Waals surface area contributed by atoms with Crippen LogP contribution in [0.25, 0.3) is 0 Å². The highest BCUT2D eigenvalue weighted by Gasteiger charge is 2.17. The van der Waals surface area contributed by atoms with Crippen LogP contribution in [0.4, 0.5) is 0 Å². The molecule has 0 aliphatic carbocycles. The van der Waals surface area contributed by atoms with Gasteiger partial charge >= 0.3 is 0 Å². The van der Waals surface area contributed by atoms with Gasteiger partial charge in [0.05, 0.1) is 0 Å². The smallest absolute Gasteiger partial charge is 0.161 e. The summed E-state index contributed by atoms with van der Waals surface area (Å²) in [5.74, 6) is 1.83. The van der Waals surface area contributed by atoms with Crippen LogP contribution in [0.5, 0.6) is 11.5 Å². The molecule has 1 aliphatic rings. The van der Waals surface area contributed by atoms with Crippen LogP contribution in [0.2, 0.25) is 0 Å². The van der Waals surface area contributed by atoms with Crippen molar-refractivity contribution in [2.24, 2.45) is 5.73 Å². The van der Waals surface area contributed by atoms with Crippen LogP contribution in [-0.4, -0.2) is 19.8 Å². The van der Waals surface area contributed by atoms with E-state index in [2.05, 4.69) is 18.2 Å². The zero-order valence-electron chi connectivity index (χ0n) is 10.7. The molecule has 0 saturated heterocycles. The summed E-state index contributed by atoms with van der Waals surface area (Å²) in [6.45, 7) is 1.80. The highest BCUT2D eigenvalue weighted by molar-refractivity contribution is 5.46. The van der Waals surface area contributed by atoms with Crippen molar-refractivity contribution in [3.05, 3.63) is 59.7 Å². The number of fused-ring (bicyclic) bond motifs is 1. The summed E-state index contributed by atoms with van der Waals surface area (Å²) in [7, 11) is 0. The fourth-order valence-corrected chi connectivity index (χ4v) is 2.43. The van der Waals surface area contributed by atoms with Crippen LogP contribution in [0.1, 0.15) is 17.0 Å². The predicted octanol–water partition coefficient (Wildman–Crippen LogP) is 2.55. The molecule has 2 aromatic carbocycles. The molecule has 0 unspecified atom stereocenters. The van der Waals surface area contributed by atoms with Gasteiger partial charge in [-0.2, -0.15) is 0 Å². The van der Waals surface area contributed by atoms with E-state index in [4.69, 9.17) is 15.2 Å². The second-order valence-corrected chi connectivity index (χ2v) is 4.60. The molecule has 98 valence electrons. The van der Waals surface area contributed by atoms with Gasteiger partial charge in [0.1, 0.15) is 13.2 Å². The van der Waals surface area contributed by atoms with Crippen molar-refractivity contribution in [3.63, 3.8) is 0 Å². The number of hydrogen-bond donors (Lipinski definition) is 1. The lowest BCUT2D eigenvalue weighted by Crippen LogP contribution is -2.17. The van der Waals surface area contributed by atoms with Crippen molar-refractivity contribution in [2.75, 3.05) is 19.8 Å². The second kappa shape index (κ2) is 5.33. The fraction of sp³-hybridized carbons (Fsp3) is 0.250. The molecular formula is C16H17NO2. The van der Waals surface area contributed by atoms with E-state index in [9.17, 15) is 0 Å². The molecular weight excluding hydrogens is 238 g/mol. The van der Waals surface area contributed by atoms with Gasteiger partial charge in [0.25, 0.3) is 0 Å². The van der Waals surface area contributed by atoms with Gasteiger partial charge in [-0.3, -0.25) is 0 Å². The van der Waals surface area contributed by atoms with E-state index in [1.165, 1.54) is 5.56 Å². The zero-order valence-corrected chi connectivity index (χ0v) is 10.7. The first kappa shape index (κ1) is 12.1. The minimum absolute atomic E-state index is 0.192. The predicted molar refractivity (Wildman–Crippen MR) is 74.8 cm³/mol. The van der Waals surface area contributed by atoms with Crippen LogP contribution in [0, 0.1) is 0 Å². The molecule has 1 atom stereocenters. The van der Waals surface area contributed by atoms with Crippen LogP contribution in [0.3, 0.4) is 0 Å². The minimum Gasteiger partial charge on any atom is -0.486 e. The Kier molecular flexibility index (Phi) is 3.38. The third-order valence-electron chi connectivity index (χ3n) is 3.41. The monoisotopic (exact) mass is 255 g/mol. The van der Waals surface area contributed by atoms with E-state index in [1.807, 2.05) is 30.3 Å². The Morgan fingerprint density at radius 3 is 2.37 bits per heavy atom. The highest BCUT2D eigenvalue weighted by atomic mass is 16.6. The molecule has 1 aliphatic heterocycles. The summed E-state index contributed by atoms with van der Waals surface area (Å²) in [5, 5.41) is 0. The standard InChI is InChI=1S/C16H17NO2/c17-11-14(12-4-2-1-3-5-12)13-6-7-15-16(10-13)19-9-8-18-15/h1-7,10,14H,8-9,11,17H2/t14-/m1/s1. The van der Waals surface area contributed by atoms with Crippen LogP contribution >= 0.6 is 0 Å². The third-order valence-corrected chi connectivity index (χ3v) is 3.41. The summed E-state index contributed by atoms with van der Waals surface area (Å²) >= 11 is 0. The summed E-state index contributed by atoms with van der Waals surface area (Å²) < 4.78 is 11.2. The lowest BCUT2D eigenvalue weighted by atomic mass is 9.91. The van der Waals surface area contributed by atoms with Crippen LogP contribution in [0.15, 0.2) is 48.5 Å². The Balaban J connectivity index is 1.96. The molecule has 3 heteroatoms. The number of hydrogen-bond acceptors (Lipinski definition) is 3. The average Bonchev–Trinajstić information content (AvgIpc) is 2.49. The van der Waals surface area contributed by atoms with Gasteiger partial charge in [-0.15, -0.1) is 0 Å². The van der Waals surface area contributed by atoms with E-state index < -0.39 is 0 Å². The molecule has 2 aromatic rings. The zero-order chi connectivity index (χ0) is 13.1. The Morgan fingerprint density at radius 2 is 1.63 bits per heavy atom. The molecule has 0 saturated carbocycles. The van der Waals surface area contributed by atoms with Crippen molar-refractivity contribution >= 4 is 0 Å². The van der Waals surface area contributed by atoms with Gasteiger partial charge in [-0.25, -0.2) is 0 Å². The molecule has 3 nitrogen and oxygen atoms in total. The van der Waals surface area contributed by atoms with Gasteiger partial charge in [0, 0.05) is 12.5 Å². The van der Waals surface area contributed by atoms with Crippen molar-refractivity contribution in [2.45, 2.75) is 5.92 Å². The van der Waals surface area contributed by atoms with Crippen LogP contribution < -0.4 is 15.2 Å². The van der Waals surface area contributed by atoms with E-state index in [-0.39, 0.29) is 5.92 Å². The highest BCUT2D eigenvalue weighted by Crippen LogP contribution is 2.34. The maximum absolute atomic E-state index is 5.94. The number of rotatable bonds is 3. The van der Waals surface area contributed by atoms with Crippen molar-refractivity contribution < 1.29 is 9.47 Å². The van der Waals surface area contributed by atoms with E-state index in [1.54, 1.807) is 0 Å². The summed E-state index contributed by atoms with van der Waals surface area (Å²) in [4.78, 5) is 0. The second-order valence-electron chi connectivity index (χ2n) is 4.60. The topological polar surface area (TPSA) is 44.5 Å². The number of nitrogens with two attached hydrogens (primary N) is 1. The van der Waals surface area contributed by atoms with Crippen molar-refractivity contribution in [3.8, 4) is 11.5 Å². The molecule has 3 rings (SSSR count). The number of ether oxygens (including phenoxy) is 2. The molecule has 0 fully saturated rings. The average molecular weight is 255 g/mol. The maximum Gasteiger partial charge on any atom is 0.161 e.